The molecule has 0 spiro atoms. The third-order valence-electron chi connectivity index (χ3n) is 3.39. The predicted octanol–water partition coefficient (Wildman–Crippen LogP) is 2.40. The molecule has 1 aromatic carbocycles. The molecule has 1 aliphatic rings. The van der Waals surface area contributed by atoms with Crippen molar-refractivity contribution in [3.8, 4) is 0 Å². The van der Waals surface area contributed by atoms with Gasteiger partial charge in [0.25, 0.3) is 0 Å². The lowest BCUT2D eigenvalue weighted by atomic mass is 10.1. The predicted molar refractivity (Wildman–Crippen MR) is 86.3 cm³/mol. The van der Waals surface area contributed by atoms with Crippen LogP contribution in [0.3, 0.4) is 0 Å². The van der Waals surface area contributed by atoms with Gasteiger partial charge < -0.3 is 16.0 Å². The minimum absolute atomic E-state index is 0.110. The Balaban J connectivity index is 1.93. The number of nitrogens with two attached hydrogens (primary N) is 1. The molecule has 3 N–H and O–H groups in total. The van der Waals surface area contributed by atoms with Crippen LogP contribution in [0.4, 0.5) is 5.69 Å². The van der Waals surface area contributed by atoms with E-state index in [0.717, 1.165) is 37.2 Å². The third kappa shape index (κ3) is 3.84. The maximum Gasteiger partial charge on any atom is 0.241 e. The number of carbonyl (C=O) groups is 1. The van der Waals surface area contributed by atoms with Crippen molar-refractivity contribution in [2.75, 3.05) is 25.0 Å². The van der Waals surface area contributed by atoms with Gasteiger partial charge in [-0.3, -0.25) is 4.79 Å². The second-order valence-electron chi connectivity index (χ2n) is 4.85. The summed E-state index contributed by atoms with van der Waals surface area (Å²) in [7, 11) is 0. The molecule has 0 bridgehead atoms. The number of halogens is 1. The van der Waals surface area contributed by atoms with Crippen molar-refractivity contribution in [2.45, 2.75) is 19.3 Å². The Morgan fingerprint density at radius 1 is 1.35 bits per heavy atom. The fourth-order valence-corrected chi connectivity index (χ4v) is 2.61. The molecular weight excluding hydrogens is 294 g/mol. The Kier molecular flexibility index (Phi) is 5.20. The molecule has 0 aromatic heterocycles. The normalized spacial score (nSPS) is 14.9. The molecule has 1 amide bonds. The number of amides is 1. The smallest absolute Gasteiger partial charge is 0.241 e. The van der Waals surface area contributed by atoms with Crippen molar-refractivity contribution >= 4 is 40.4 Å². The van der Waals surface area contributed by atoms with E-state index in [1.165, 1.54) is 6.42 Å². The maximum absolute atomic E-state index is 12.0. The van der Waals surface area contributed by atoms with E-state index in [0.29, 0.717) is 10.0 Å². The van der Waals surface area contributed by atoms with E-state index in [9.17, 15) is 4.79 Å². The fraction of sp³-hybridized carbons (Fsp3) is 0.429. The van der Waals surface area contributed by atoms with Crippen LogP contribution in [0.1, 0.15) is 24.8 Å². The van der Waals surface area contributed by atoms with E-state index in [1.807, 2.05) is 4.90 Å². The Morgan fingerprint density at radius 3 is 2.65 bits per heavy atom. The van der Waals surface area contributed by atoms with Crippen LogP contribution >= 0.6 is 23.8 Å². The zero-order valence-electron chi connectivity index (χ0n) is 11.2. The van der Waals surface area contributed by atoms with Crippen LogP contribution < -0.4 is 11.1 Å². The first-order valence-corrected chi connectivity index (χ1v) is 7.47. The summed E-state index contributed by atoms with van der Waals surface area (Å²) in [4.78, 5) is 14.2. The van der Waals surface area contributed by atoms with Crippen molar-refractivity contribution in [3.05, 3.63) is 28.8 Å². The number of likely N-dealkylation sites (tertiary alicyclic amines) is 1. The van der Waals surface area contributed by atoms with Gasteiger partial charge in [-0.15, -0.1) is 0 Å². The van der Waals surface area contributed by atoms with Gasteiger partial charge in [0.05, 0.1) is 17.3 Å². The summed E-state index contributed by atoms with van der Waals surface area (Å²) in [5, 5.41) is 3.58. The third-order valence-corrected chi connectivity index (χ3v) is 3.94. The zero-order chi connectivity index (χ0) is 14.5. The average Bonchev–Trinajstić information content (AvgIpc) is 2.46. The molecule has 6 heteroatoms. The molecule has 0 radical (unpaired) electrons. The number of nitrogens with one attached hydrogen (secondary N) is 1. The summed E-state index contributed by atoms with van der Waals surface area (Å²) in [5.74, 6) is 0.110. The Bertz CT molecular complexity index is 515. The quantitative estimate of drug-likeness (QED) is 0.838. The summed E-state index contributed by atoms with van der Waals surface area (Å²) >= 11 is 11.0. The molecule has 0 saturated carbocycles. The molecule has 0 unspecified atom stereocenters. The SMILES string of the molecule is NC(=S)c1ccc(NCC(=O)N2CCCCC2)c(Cl)c1. The average molecular weight is 312 g/mol. The number of anilines is 1. The van der Waals surface area contributed by atoms with Gasteiger partial charge >= 0.3 is 0 Å². The van der Waals surface area contributed by atoms with Crippen LogP contribution in [0.5, 0.6) is 0 Å². The van der Waals surface area contributed by atoms with E-state index >= 15 is 0 Å². The maximum atomic E-state index is 12.0. The number of hydrogen-bond donors (Lipinski definition) is 2. The summed E-state index contributed by atoms with van der Waals surface area (Å²) < 4.78 is 0. The van der Waals surface area contributed by atoms with Crippen LogP contribution in [0.2, 0.25) is 5.02 Å². The second kappa shape index (κ2) is 6.90. The molecule has 1 fully saturated rings. The highest BCUT2D eigenvalue weighted by Gasteiger charge is 2.16. The summed E-state index contributed by atoms with van der Waals surface area (Å²) in [6, 6.07) is 5.29. The van der Waals surface area contributed by atoms with Crippen molar-refractivity contribution in [2.24, 2.45) is 5.73 Å². The van der Waals surface area contributed by atoms with E-state index in [-0.39, 0.29) is 12.5 Å². The van der Waals surface area contributed by atoms with Gasteiger partial charge in [0.1, 0.15) is 4.99 Å². The highest BCUT2D eigenvalue weighted by atomic mass is 35.5. The fourth-order valence-electron chi connectivity index (χ4n) is 2.24. The van der Waals surface area contributed by atoms with Gasteiger partial charge in [-0.05, 0) is 37.5 Å². The van der Waals surface area contributed by atoms with Crippen molar-refractivity contribution in [3.63, 3.8) is 0 Å². The first-order valence-electron chi connectivity index (χ1n) is 6.69. The molecule has 1 aliphatic heterocycles. The first-order chi connectivity index (χ1) is 9.58. The highest BCUT2D eigenvalue weighted by Crippen LogP contribution is 2.23. The molecule has 1 aromatic rings. The lowest BCUT2D eigenvalue weighted by molar-refractivity contribution is -0.130. The molecule has 0 atom stereocenters. The van der Waals surface area contributed by atoms with Crippen LogP contribution in [-0.2, 0) is 4.79 Å². The van der Waals surface area contributed by atoms with Crippen LogP contribution in [0, 0.1) is 0 Å². The van der Waals surface area contributed by atoms with Crippen molar-refractivity contribution in [1.29, 1.82) is 0 Å². The van der Waals surface area contributed by atoms with E-state index in [1.54, 1.807) is 18.2 Å². The Morgan fingerprint density at radius 2 is 2.05 bits per heavy atom. The van der Waals surface area contributed by atoms with Gasteiger partial charge in [-0.25, -0.2) is 0 Å². The number of hydrogen-bond acceptors (Lipinski definition) is 3. The first kappa shape index (κ1) is 15.1. The standard InChI is InChI=1S/C14H18ClN3OS/c15-11-8-10(14(16)20)4-5-12(11)17-9-13(19)18-6-2-1-3-7-18/h4-5,8,17H,1-3,6-7,9H2,(H2,16,20). The van der Waals surface area contributed by atoms with Crippen LogP contribution in [-0.4, -0.2) is 35.4 Å². The Hall–Kier alpha value is -1.33. The molecule has 0 aliphatic carbocycles. The van der Waals surface area contributed by atoms with E-state index in [4.69, 9.17) is 29.6 Å². The molecule has 2 rings (SSSR count). The van der Waals surface area contributed by atoms with Gasteiger partial charge in [0, 0.05) is 18.7 Å². The second-order valence-corrected chi connectivity index (χ2v) is 5.70. The minimum Gasteiger partial charge on any atom is -0.389 e. The van der Waals surface area contributed by atoms with Gasteiger partial charge in [0.15, 0.2) is 0 Å². The highest BCUT2D eigenvalue weighted by molar-refractivity contribution is 7.80. The lowest BCUT2D eigenvalue weighted by Crippen LogP contribution is -2.39. The Labute approximate surface area is 129 Å². The summed E-state index contributed by atoms with van der Waals surface area (Å²) in [5.41, 5.74) is 6.98. The number of piperidine rings is 1. The van der Waals surface area contributed by atoms with Gasteiger partial charge in [-0.1, -0.05) is 23.8 Å². The number of rotatable bonds is 4. The molecule has 20 heavy (non-hydrogen) atoms. The summed E-state index contributed by atoms with van der Waals surface area (Å²) in [6.45, 7) is 1.97. The number of carbonyl (C=O) groups excluding carboxylic acids is 1. The van der Waals surface area contributed by atoms with Crippen molar-refractivity contribution < 1.29 is 4.79 Å². The van der Waals surface area contributed by atoms with Gasteiger partial charge in [0.2, 0.25) is 5.91 Å². The van der Waals surface area contributed by atoms with E-state index in [2.05, 4.69) is 5.32 Å². The van der Waals surface area contributed by atoms with Crippen LogP contribution in [0.15, 0.2) is 18.2 Å². The number of benzene rings is 1. The molecule has 1 saturated heterocycles. The number of thiocarbonyl (C=S) groups is 1. The van der Waals surface area contributed by atoms with E-state index < -0.39 is 0 Å². The topological polar surface area (TPSA) is 58.4 Å². The molecule has 108 valence electrons. The minimum atomic E-state index is 0.110. The van der Waals surface area contributed by atoms with Crippen LogP contribution in [0.25, 0.3) is 0 Å². The molecular formula is C14H18ClN3OS. The number of nitrogens with zero attached hydrogens (tertiary/aromatic N) is 1. The molecule has 1 heterocycles. The largest absolute Gasteiger partial charge is 0.389 e. The summed E-state index contributed by atoms with van der Waals surface area (Å²) in [6.07, 6.45) is 3.40. The monoisotopic (exact) mass is 311 g/mol. The lowest BCUT2D eigenvalue weighted by Gasteiger charge is -2.27. The zero-order valence-corrected chi connectivity index (χ0v) is 12.8. The van der Waals surface area contributed by atoms with Crippen molar-refractivity contribution in [1.82, 2.24) is 4.90 Å². The van der Waals surface area contributed by atoms with Gasteiger partial charge in [-0.2, -0.15) is 0 Å². The molecule has 4 nitrogen and oxygen atoms in total.